The third-order valence-electron chi connectivity index (χ3n) is 4.08. The Morgan fingerprint density at radius 3 is 2.83 bits per heavy atom. The molecule has 0 radical (unpaired) electrons. The van der Waals surface area contributed by atoms with Crippen molar-refractivity contribution in [2.24, 2.45) is 0 Å². The number of Topliss-reactive ketones (excluding diaryl/α,β-unsaturated/α-hetero) is 2. The smallest absolute Gasteiger partial charge is 0.181 e. The van der Waals surface area contributed by atoms with Crippen molar-refractivity contribution < 1.29 is 14.3 Å². The van der Waals surface area contributed by atoms with E-state index in [1.807, 2.05) is 25.1 Å². The number of pyridine rings is 1. The number of carbonyl (C=O) groups excluding carboxylic acids is 2. The average molecular weight is 309 g/mol. The molecule has 2 heterocycles. The molecule has 0 atom stereocenters. The molecule has 1 aliphatic rings. The third kappa shape index (κ3) is 3.47. The standard InChI is InChI=1S/C19H19NO3/c1-13-4-2-10-20-19(13)17(22)8-7-16(21)14-6-9-18-15(12-14)5-3-11-23-18/h2,4,6,9-10,12H,3,5,7-8,11H2,1H3. The first kappa shape index (κ1) is 15.4. The quantitative estimate of drug-likeness (QED) is 0.792. The minimum atomic E-state index is -0.0854. The maximum Gasteiger partial charge on any atom is 0.181 e. The van der Waals surface area contributed by atoms with E-state index < -0.39 is 0 Å². The van der Waals surface area contributed by atoms with Crippen LogP contribution in [0.15, 0.2) is 36.5 Å². The van der Waals surface area contributed by atoms with Crippen LogP contribution < -0.4 is 4.74 Å². The first-order valence-electron chi connectivity index (χ1n) is 7.89. The minimum absolute atomic E-state index is 0.0136. The summed E-state index contributed by atoms with van der Waals surface area (Å²) in [6.07, 6.45) is 3.90. The van der Waals surface area contributed by atoms with E-state index >= 15 is 0 Å². The second-order valence-corrected chi connectivity index (χ2v) is 5.79. The van der Waals surface area contributed by atoms with E-state index in [1.165, 1.54) is 0 Å². The highest BCUT2D eigenvalue weighted by molar-refractivity contribution is 6.02. The number of fused-ring (bicyclic) bond motifs is 1. The lowest BCUT2D eigenvalue weighted by atomic mass is 9.98. The fraction of sp³-hybridized carbons (Fsp3) is 0.316. The van der Waals surface area contributed by atoms with Crippen molar-refractivity contribution in [1.82, 2.24) is 4.98 Å². The molecule has 0 spiro atoms. The maximum atomic E-state index is 12.3. The Balaban J connectivity index is 1.66. The highest BCUT2D eigenvalue weighted by atomic mass is 16.5. The predicted molar refractivity (Wildman–Crippen MR) is 87.1 cm³/mol. The largest absolute Gasteiger partial charge is 0.493 e. The van der Waals surface area contributed by atoms with Gasteiger partial charge in [-0.15, -0.1) is 0 Å². The summed E-state index contributed by atoms with van der Waals surface area (Å²) < 4.78 is 5.55. The molecule has 4 heteroatoms. The highest BCUT2D eigenvalue weighted by Crippen LogP contribution is 2.26. The molecule has 0 N–H and O–H groups in total. The zero-order valence-corrected chi connectivity index (χ0v) is 13.2. The van der Waals surface area contributed by atoms with Crippen LogP contribution in [0.5, 0.6) is 5.75 Å². The molecule has 0 bridgehead atoms. The molecule has 0 amide bonds. The van der Waals surface area contributed by atoms with Crippen LogP contribution in [0.2, 0.25) is 0 Å². The molecule has 0 fully saturated rings. The number of rotatable bonds is 5. The van der Waals surface area contributed by atoms with Crippen LogP contribution in [0, 0.1) is 6.92 Å². The molecule has 0 saturated heterocycles. The molecule has 23 heavy (non-hydrogen) atoms. The summed E-state index contributed by atoms with van der Waals surface area (Å²) in [4.78, 5) is 28.6. The van der Waals surface area contributed by atoms with Gasteiger partial charge in [-0.05, 0) is 55.2 Å². The summed E-state index contributed by atoms with van der Waals surface area (Å²) in [6, 6.07) is 9.18. The van der Waals surface area contributed by atoms with Gasteiger partial charge in [0.1, 0.15) is 11.4 Å². The summed E-state index contributed by atoms with van der Waals surface area (Å²) in [7, 11) is 0. The van der Waals surface area contributed by atoms with Crippen LogP contribution >= 0.6 is 0 Å². The number of nitrogens with zero attached hydrogens (tertiary/aromatic N) is 1. The first-order chi connectivity index (χ1) is 11.1. The van der Waals surface area contributed by atoms with Gasteiger partial charge in [-0.3, -0.25) is 14.6 Å². The SMILES string of the molecule is Cc1cccnc1C(=O)CCC(=O)c1ccc2c(c1)CCCO2. The summed E-state index contributed by atoms with van der Waals surface area (Å²) in [6.45, 7) is 2.59. The highest BCUT2D eigenvalue weighted by Gasteiger charge is 2.16. The van der Waals surface area contributed by atoms with Gasteiger partial charge < -0.3 is 4.74 Å². The molecular formula is C19H19NO3. The van der Waals surface area contributed by atoms with Gasteiger partial charge in [0.05, 0.1) is 6.61 Å². The molecule has 0 saturated carbocycles. The lowest BCUT2D eigenvalue weighted by molar-refractivity contribution is 0.0914. The number of carbonyl (C=O) groups is 2. The Morgan fingerprint density at radius 2 is 2.00 bits per heavy atom. The van der Waals surface area contributed by atoms with Crippen LogP contribution in [0.3, 0.4) is 0 Å². The van der Waals surface area contributed by atoms with Crippen molar-refractivity contribution in [3.63, 3.8) is 0 Å². The minimum Gasteiger partial charge on any atom is -0.493 e. The van der Waals surface area contributed by atoms with Crippen molar-refractivity contribution in [3.05, 3.63) is 58.9 Å². The number of aryl methyl sites for hydroxylation is 2. The van der Waals surface area contributed by atoms with Crippen LogP contribution in [0.1, 0.15) is 51.2 Å². The summed E-state index contributed by atoms with van der Waals surface area (Å²) in [5, 5.41) is 0. The fourth-order valence-electron chi connectivity index (χ4n) is 2.80. The lowest BCUT2D eigenvalue weighted by Crippen LogP contribution is -2.11. The molecular weight excluding hydrogens is 290 g/mol. The summed E-state index contributed by atoms with van der Waals surface area (Å²) in [5.74, 6) is 0.769. The predicted octanol–water partition coefficient (Wildman–Crippen LogP) is 3.56. The number of ketones is 2. The third-order valence-corrected chi connectivity index (χ3v) is 4.08. The van der Waals surface area contributed by atoms with Gasteiger partial charge in [0.25, 0.3) is 0 Å². The topological polar surface area (TPSA) is 56.3 Å². The normalized spacial score (nSPS) is 13.1. The van der Waals surface area contributed by atoms with E-state index in [1.54, 1.807) is 18.3 Å². The van der Waals surface area contributed by atoms with Crippen molar-refractivity contribution >= 4 is 11.6 Å². The second-order valence-electron chi connectivity index (χ2n) is 5.79. The Hall–Kier alpha value is -2.49. The van der Waals surface area contributed by atoms with Crippen LogP contribution in [-0.2, 0) is 6.42 Å². The monoisotopic (exact) mass is 309 g/mol. The van der Waals surface area contributed by atoms with E-state index in [4.69, 9.17) is 4.74 Å². The van der Waals surface area contributed by atoms with E-state index in [0.717, 1.165) is 36.3 Å². The average Bonchev–Trinajstić information content (AvgIpc) is 2.59. The van der Waals surface area contributed by atoms with E-state index in [-0.39, 0.29) is 24.4 Å². The van der Waals surface area contributed by atoms with Crippen LogP contribution in [0.25, 0.3) is 0 Å². The number of hydrogen-bond acceptors (Lipinski definition) is 4. The maximum absolute atomic E-state index is 12.3. The Bertz CT molecular complexity index is 752. The van der Waals surface area contributed by atoms with Crippen molar-refractivity contribution in [2.75, 3.05) is 6.61 Å². The Morgan fingerprint density at radius 1 is 1.17 bits per heavy atom. The Kier molecular flexibility index (Phi) is 4.51. The van der Waals surface area contributed by atoms with Crippen molar-refractivity contribution in [2.45, 2.75) is 32.6 Å². The van der Waals surface area contributed by atoms with Gasteiger partial charge >= 0.3 is 0 Å². The van der Waals surface area contributed by atoms with Gasteiger partial charge in [-0.25, -0.2) is 0 Å². The van der Waals surface area contributed by atoms with E-state index in [2.05, 4.69) is 4.98 Å². The molecule has 118 valence electrons. The molecule has 4 nitrogen and oxygen atoms in total. The first-order valence-corrected chi connectivity index (χ1v) is 7.89. The van der Waals surface area contributed by atoms with Crippen LogP contribution in [0.4, 0.5) is 0 Å². The fourth-order valence-corrected chi connectivity index (χ4v) is 2.80. The molecule has 1 aliphatic heterocycles. The zero-order chi connectivity index (χ0) is 16.2. The summed E-state index contributed by atoms with van der Waals surface area (Å²) in [5.41, 5.74) is 3.03. The van der Waals surface area contributed by atoms with Gasteiger partial charge in [0.15, 0.2) is 11.6 Å². The molecule has 2 aromatic rings. The number of hydrogen-bond donors (Lipinski definition) is 0. The lowest BCUT2D eigenvalue weighted by Gasteiger charge is -2.17. The summed E-state index contributed by atoms with van der Waals surface area (Å²) >= 11 is 0. The second kappa shape index (κ2) is 6.73. The van der Waals surface area contributed by atoms with E-state index in [9.17, 15) is 9.59 Å². The van der Waals surface area contributed by atoms with Crippen LogP contribution in [-0.4, -0.2) is 23.2 Å². The number of ether oxygens (including phenoxy) is 1. The van der Waals surface area contributed by atoms with E-state index in [0.29, 0.717) is 11.3 Å². The van der Waals surface area contributed by atoms with Gasteiger partial charge in [0.2, 0.25) is 0 Å². The molecule has 1 aromatic carbocycles. The zero-order valence-electron chi connectivity index (χ0n) is 13.2. The molecule has 0 unspecified atom stereocenters. The molecule has 1 aromatic heterocycles. The number of aromatic nitrogens is 1. The number of benzene rings is 1. The van der Waals surface area contributed by atoms with Gasteiger partial charge in [-0.2, -0.15) is 0 Å². The molecule has 0 aliphatic carbocycles. The Labute approximate surface area is 135 Å². The molecule has 3 rings (SSSR count). The van der Waals surface area contributed by atoms with Gasteiger partial charge in [-0.1, -0.05) is 6.07 Å². The van der Waals surface area contributed by atoms with Crippen molar-refractivity contribution in [3.8, 4) is 5.75 Å². The van der Waals surface area contributed by atoms with Crippen molar-refractivity contribution in [1.29, 1.82) is 0 Å². The van der Waals surface area contributed by atoms with Gasteiger partial charge in [0, 0.05) is 24.6 Å².